The minimum atomic E-state index is -0.527. The molecule has 0 aliphatic carbocycles. The first-order valence-corrected chi connectivity index (χ1v) is 11.2. The largest absolute Gasteiger partial charge is 0.368 e. The van der Waals surface area contributed by atoms with Crippen LogP contribution in [-0.2, 0) is 6.42 Å². The molecule has 4 rings (SSSR count). The molecule has 1 N–H and O–H groups in total. The Morgan fingerprint density at radius 3 is 2.21 bits per heavy atom. The summed E-state index contributed by atoms with van der Waals surface area (Å²) < 4.78 is 0. The highest BCUT2D eigenvalue weighted by Crippen LogP contribution is 2.21. The molecule has 1 heterocycles. The molecular formula is C26H26N4O4. The summed E-state index contributed by atoms with van der Waals surface area (Å²) in [5, 5.41) is 13.7. The number of carbonyl (C=O) groups is 2. The number of nitro groups is 1. The van der Waals surface area contributed by atoms with Crippen LogP contribution in [-0.4, -0.2) is 47.8 Å². The third-order valence-corrected chi connectivity index (χ3v) is 5.99. The van der Waals surface area contributed by atoms with E-state index in [1.165, 1.54) is 29.8 Å². The molecule has 0 radical (unpaired) electrons. The number of aryl methyl sites for hydroxylation is 1. The van der Waals surface area contributed by atoms with Crippen molar-refractivity contribution in [2.45, 2.75) is 13.3 Å². The second-order valence-electron chi connectivity index (χ2n) is 8.14. The summed E-state index contributed by atoms with van der Waals surface area (Å²) in [6, 6.07) is 20.9. The van der Waals surface area contributed by atoms with Crippen LogP contribution in [0, 0.1) is 10.1 Å². The van der Waals surface area contributed by atoms with Gasteiger partial charge in [-0.3, -0.25) is 19.7 Å². The maximum absolute atomic E-state index is 12.8. The maximum Gasteiger partial charge on any atom is 0.270 e. The lowest BCUT2D eigenvalue weighted by molar-refractivity contribution is -0.384. The van der Waals surface area contributed by atoms with Crippen molar-refractivity contribution in [3.05, 3.63) is 99.6 Å². The van der Waals surface area contributed by atoms with Crippen molar-refractivity contribution < 1.29 is 14.5 Å². The number of benzene rings is 3. The fourth-order valence-corrected chi connectivity index (χ4v) is 3.95. The van der Waals surface area contributed by atoms with Crippen molar-refractivity contribution in [1.82, 2.24) is 4.90 Å². The van der Waals surface area contributed by atoms with Crippen LogP contribution in [0.4, 0.5) is 17.1 Å². The maximum atomic E-state index is 12.8. The van der Waals surface area contributed by atoms with E-state index in [4.69, 9.17) is 0 Å². The zero-order valence-corrected chi connectivity index (χ0v) is 18.9. The van der Waals surface area contributed by atoms with Gasteiger partial charge >= 0.3 is 0 Å². The molecule has 0 atom stereocenters. The van der Waals surface area contributed by atoms with Crippen LogP contribution in [0.2, 0.25) is 0 Å². The van der Waals surface area contributed by atoms with Crippen LogP contribution >= 0.6 is 0 Å². The van der Waals surface area contributed by atoms with Gasteiger partial charge in [-0.05, 0) is 54.4 Å². The number of piperazine rings is 1. The summed E-state index contributed by atoms with van der Waals surface area (Å²) >= 11 is 0. The molecule has 3 aromatic carbocycles. The number of nitrogens with zero attached hydrogens (tertiary/aromatic N) is 3. The van der Waals surface area contributed by atoms with Gasteiger partial charge in [0.25, 0.3) is 17.5 Å². The first kappa shape index (κ1) is 23.0. The third-order valence-electron chi connectivity index (χ3n) is 5.99. The summed E-state index contributed by atoms with van der Waals surface area (Å²) in [5.41, 5.74) is 3.64. The Kier molecular flexibility index (Phi) is 6.87. The van der Waals surface area contributed by atoms with Gasteiger partial charge in [-0.1, -0.05) is 25.1 Å². The number of hydrogen-bond donors (Lipinski definition) is 1. The first-order chi connectivity index (χ1) is 16.4. The Labute approximate surface area is 198 Å². The van der Waals surface area contributed by atoms with Gasteiger partial charge in [0, 0.05) is 60.8 Å². The number of nitro benzene ring substituents is 1. The summed E-state index contributed by atoms with van der Waals surface area (Å²) in [7, 11) is 0. The Hall–Kier alpha value is -4.20. The number of amides is 2. The van der Waals surface area contributed by atoms with E-state index in [0.717, 1.165) is 30.8 Å². The van der Waals surface area contributed by atoms with Crippen molar-refractivity contribution in [3.63, 3.8) is 0 Å². The van der Waals surface area contributed by atoms with Gasteiger partial charge in [-0.2, -0.15) is 0 Å². The van der Waals surface area contributed by atoms with Gasteiger partial charge in [0.15, 0.2) is 0 Å². The van der Waals surface area contributed by atoms with Crippen LogP contribution in [0.3, 0.4) is 0 Å². The number of carbonyl (C=O) groups excluding carboxylic acids is 2. The molecule has 0 unspecified atom stereocenters. The average molecular weight is 459 g/mol. The lowest BCUT2D eigenvalue weighted by Crippen LogP contribution is -2.48. The molecule has 1 aliphatic heterocycles. The minimum Gasteiger partial charge on any atom is -0.368 e. The standard InChI is InChI=1S/C26H26N4O4/c1-2-19-6-8-20(9-7-19)26(32)29-16-14-28(15-17-29)23-12-10-22(11-13-23)27-25(31)21-4-3-5-24(18-21)30(33)34/h3-13,18H,2,14-17H2,1H3,(H,27,31). The van der Waals surface area contributed by atoms with Crippen molar-refractivity contribution >= 4 is 28.9 Å². The fraction of sp³-hybridized carbons (Fsp3) is 0.231. The Morgan fingerprint density at radius 1 is 0.912 bits per heavy atom. The zero-order valence-electron chi connectivity index (χ0n) is 18.9. The van der Waals surface area contributed by atoms with Crippen molar-refractivity contribution in [3.8, 4) is 0 Å². The van der Waals surface area contributed by atoms with E-state index in [1.54, 1.807) is 12.1 Å². The van der Waals surface area contributed by atoms with Crippen molar-refractivity contribution in [2.75, 3.05) is 36.4 Å². The fourth-order valence-electron chi connectivity index (χ4n) is 3.95. The molecule has 34 heavy (non-hydrogen) atoms. The van der Waals surface area contributed by atoms with Gasteiger partial charge in [-0.15, -0.1) is 0 Å². The van der Waals surface area contributed by atoms with Gasteiger partial charge < -0.3 is 15.1 Å². The molecule has 0 aromatic heterocycles. The van der Waals surface area contributed by atoms with E-state index >= 15 is 0 Å². The molecular weight excluding hydrogens is 432 g/mol. The molecule has 1 fully saturated rings. The lowest BCUT2D eigenvalue weighted by Gasteiger charge is -2.36. The molecule has 8 nitrogen and oxygen atoms in total. The highest BCUT2D eigenvalue weighted by molar-refractivity contribution is 6.04. The molecule has 1 aliphatic rings. The highest BCUT2D eigenvalue weighted by Gasteiger charge is 2.22. The van der Waals surface area contributed by atoms with Crippen LogP contribution in [0.1, 0.15) is 33.2 Å². The van der Waals surface area contributed by atoms with Crippen LogP contribution < -0.4 is 10.2 Å². The molecule has 2 amide bonds. The molecule has 0 spiro atoms. The Morgan fingerprint density at radius 2 is 1.59 bits per heavy atom. The first-order valence-electron chi connectivity index (χ1n) is 11.2. The Balaban J connectivity index is 1.33. The summed E-state index contributed by atoms with van der Waals surface area (Å²) in [5.74, 6) is -0.350. The van der Waals surface area contributed by atoms with E-state index in [1.807, 2.05) is 41.3 Å². The second kappa shape index (κ2) is 10.2. The normalized spacial score (nSPS) is 13.4. The molecule has 8 heteroatoms. The Bertz CT molecular complexity index is 1180. The second-order valence-corrected chi connectivity index (χ2v) is 8.14. The lowest BCUT2D eigenvalue weighted by atomic mass is 10.1. The van der Waals surface area contributed by atoms with Crippen LogP contribution in [0.5, 0.6) is 0 Å². The summed E-state index contributed by atoms with van der Waals surface area (Å²) in [6.07, 6.45) is 0.949. The molecule has 3 aromatic rings. The zero-order chi connectivity index (χ0) is 24.1. The molecule has 1 saturated heterocycles. The average Bonchev–Trinajstić information content (AvgIpc) is 2.89. The molecule has 0 bridgehead atoms. The number of hydrogen-bond acceptors (Lipinski definition) is 5. The number of non-ortho nitro benzene ring substituents is 1. The number of nitrogens with one attached hydrogen (secondary N) is 1. The van der Waals surface area contributed by atoms with Gasteiger partial charge in [0.05, 0.1) is 4.92 Å². The van der Waals surface area contributed by atoms with Crippen molar-refractivity contribution in [2.24, 2.45) is 0 Å². The van der Waals surface area contributed by atoms with Crippen LogP contribution in [0.25, 0.3) is 0 Å². The predicted molar refractivity (Wildman–Crippen MR) is 131 cm³/mol. The van der Waals surface area contributed by atoms with Gasteiger partial charge in [0.2, 0.25) is 0 Å². The van der Waals surface area contributed by atoms with Crippen molar-refractivity contribution in [1.29, 1.82) is 0 Å². The van der Waals surface area contributed by atoms with E-state index in [9.17, 15) is 19.7 Å². The van der Waals surface area contributed by atoms with Gasteiger partial charge in [0.1, 0.15) is 0 Å². The third kappa shape index (κ3) is 5.23. The minimum absolute atomic E-state index is 0.0570. The smallest absolute Gasteiger partial charge is 0.270 e. The SMILES string of the molecule is CCc1ccc(C(=O)N2CCN(c3ccc(NC(=O)c4cccc([N+](=O)[O-])c4)cc3)CC2)cc1. The predicted octanol–water partition coefficient (Wildman–Crippen LogP) is 4.37. The van der Waals surface area contributed by atoms with E-state index in [0.29, 0.717) is 18.8 Å². The van der Waals surface area contributed by atoms with E-state index in [-0.39, 0.29) is 17.2 Å². The summed E-state index contributed by atoms with van der Waals surface area (Å²) in [6.45, 7) is 4.81. The molecule has 174 valence electrons. The van der Waals surface area contributed by atoms with E-state index < -0.39 is 10.8 Å². The monoisotopic (exact) mass is 458 g/mol. The number of rotatable bonds is 6. The van der Waals surface area contributed by atoms with Gasteiger partial charge in [-0.25, -0.2) is 0 Å². The molecule has 0 saturated carbocycles. The quantitative estimate of drug-likeness (QED) is 0.437. The topological polar surface area (TPSA) is 95.8 Å². The number of anilines is 2. The highest BCUT2D eigenvalue weighted by atomic mass is 16.6. The van der Waals surface area contributed by atoms with Crippen LogP contribution in [0.15, 0.2) is 72.8 Å². The summed E-state index contributed by atoms with van der Waals surface area (Å²) in [4.78, 5) is 39.7. The van der Waals surface area contributed by atoms with E-state index in [2.05, 4.69) is 17.1 Å².